The molecule has 21 heteroatoms. The van der Waals surface area contributed by atoms with E-state index in [0.29, 0.717) is 46.6 Å². The first kappa shape index (κ1) is 85.0. The number of allylic oxidation sites excluding steroid dienone is 4. The van der Waals surface area contributed by atoms with Crippen LogP contribution in [0.15, 0.2) is 248 Å². The third-order valence-electron chi connectivity index (χ3n) is 27.1. The van der Waals surface area contributed by atoms with Crippen LogP contribution in [0.3, 0.4) is 0 Å². The van der Waals surface area contributed by atoms with Crippen LogP contribution in [-0.4, -0.2) is 72.6 Å². The van der Waals surface area contributed by atoms with Crippen LogP contribution in [0.2, 0.25) is 27.3 Å². The lowest BCUT2D eigenvalue weighted by molar-refractivity contribution is -0.664. The zero-order valence-corrected chi connectivity index (χ0v) is 77.8. The molecule has 1 atom stereocenters. The molecule has 1 fully saturated rings. The molecule has 6 aromatic carbocycles. The number of aryl methyl sites for hydroxylation is 2. The van der Waals surface area contributed by atoms with Crippen molar-refractivity contribution < 1.29 is 31.4 Å². The number of para-hydroxylation sites is 4. The van der Waals surface area contributed by atoms with E-state index in [0.717, 1.165) is 67.8 Å². The molecule has 20 rings (SSSR count). The van der Waals surface area contributed by atoms with Crippen LogP contribution in [-0.2, 0) is 21.1 Å². The number of pyridine rings is 2. The second-order valence-electron chi connectivity index (χ2n) is 37.8. The minimum Gasteiger partial charge on any atom is -0.457 e. The molecule has 0 amide bonds. The molecule has 0 N–H and O–H groups in total. The Bertz CT molecular complexity index is 6700. The number of furan rings is 4. The highest BCUT2D eigenvalue weighted by Gasteiger charge is 2.54. The molecule has 1 unspecified atom stereocenters. The van der Waals surface area contributed by atoms with E-state index >= 15 is 0 Å². The number of hydrogen-bond donors (Lipinski definition) is 0. The Kier molecular flexibility index (Phi) is 22.5. The Labute approximate surface area is 739 Å². The van der Waals surface area contributed by atoms with Gasteiger partial charge in [-0.2, -0.15) is 0 Å². The molecule has 9 aromatic heterocycles. The molecule has 17 nitrogen and oxygen atoms in total. The summed E-state index contributed by atoms with van der Waals surface area (Å²) in [6.45, 7) is 50.6. The van der Waals surface area contributed by atoms with Crippen molar-refractivity contribution in [1.82, 2.24) is 33.6 Å². The first-order chi connectivity index (χ1) is 59.7. The maximum atomic E-state index is 6.34. The van der Waals surface area contributed by atoms with Crippen molar-refractivity contribution in [2.75, 3.05) is 14.4 Å². The van der Waals surface area contributed by atoms with Gasteiger partial charge in [-0.15, -0.1) is 0 Å². The van der Waals surface area contributed by atoms with Crippen LogP contribution >= 0.6 is 0 Å². The van der Waals surface area contributed by atoms with E-state index in [9.17, 15) is 0 Å². The molecule has 125 heavy (non-hydrogen) atoms. The highest BCUT2D eigenvalue weighted by molar-refractivity contribution is 6.80. The van der Waals surface area contributed by atoms with Gasteiger partial charge in [0.1, 0.15) is 69.7 Å². The zero-order valence-electron chi connectivity index (χ0n) is 77.8. The van der Waals surface area contributed by atoms with E-state index in [1.165, 1.54) is 113 Å². The van der Waals surface area contributed by atoms with Crippen molar-refractivity contribution in [2.45, 2.75) is 194 Å². The van der Waals surface area contributed by atoms with E-state index in [1.54, 1.807) is 12.4 Å². The van der Waals surface area contributed by atoms with Crippen LogP contribution in [0.4, 0.5) is 17.7 Å². The van der Waals surface area contributed by atoms with Gasteiger partial charge < -0.3 is 27.4 Å². The topological polar surface area (TPSA) is 121 Å². The summed E-state index contributed by atoms with van der Waals surface area (Å²) in [7, 11) is 6.38. The van der Waals surface area contributed by atoms with Gasteiger partial charge in [-0.1, -0.05) is 179 Å². The summed E-state index contributed by atoms with van der Waals surface area (Å²) in [5.41, 5.74) is 27.0. The Morgan fingerprint density at radius 2 is 0.872 bits per heavy atom. The molecule has 0 aliphatic carbocycles. The SMILES string of the molecule is CB1c2c(oc3ccccc23)C=C(C)N1N1C(C)C(C)(C)CC1(C)C.CB1c2c(oc3ccccc23)C=C(C)N1c1cn(-c2ccccc2)c(C)[n+]1C.CB1c2oc3ncccc3c2C=C(C)N1c1n(-c2c(C(C)C)cc(-c3ccccc3)cc2C(C)C)cc[n+]1C.CB1c2oc3ncccc3c2C=C(C)N1c1n(-c2c(C(C)C)cccc2C(C)C)cc[n+]1C. The van der Waals surface area contributed by atoms with Crippen LogP contribution in [0, 0.1) is 12.3 Å². The van der Waals surface area contributed by atoms with E-state index in [1.807, 2.05) is 36.4 Å². The standard InChI is InChI=1S/C33H36BN4O.C27H32BN4O.C23H23BN3O.C21H29BN2O/c1-21(2)27-19-25(24-12-9-8-10-13-24)20-28(22(3)4)30(27)37-17-16-36(7)33(37)38-23(5)18-29-26-14-11-15-35-32(26)39-31(29)34(38)6;1-17(2)20-10-8-11-21(18(3)4)24(20)31-15-14-30(7)27(31)32-19(5)16-23-22-12-9-13-29-26(22)33-25(23)28(32)6;1-16-14-21-23(19-12-8-9-13-20(19)28-21)24(3)27(16)22-15-26(17(2)25(22)4)18-10-6-5-7-11-18;1-14-12-18-19(16-10-8-9-11-17(16)25-18)22(7)24(14)23-15(2)20(3,4)13-21(23,5)6/h8-22H,1-7H3;8-18H,1-7H3;5-15H,1-4H3;8-12,15H,13H2,1-7H3/q3*+1;. The summed E-state index contributed by atoms with van der Waals surface area (Å²) in [6, 6.07) is 58.0. The summed E-state index contributed by atoms with van der Waals surface area (Å²) in [6.07, 6.45) is 24.5. The second kappa shape index (κ2) is 33.0. The van der Waals surface area contributed by atoms with Gasteiger partial charge >= 0.3 is 39.3 Å². The Balaban J connectivity index is 0.000000119. The van der Waals surface area contributed by atoms with E-state index in [2.05, 4.69) is 417 Å². The average Bonchev–Trinajstić information content (AvgIpc) is 1.58. The smallest absolute Gasteiger partial charge is 0.412 e. The lowest BCUT2D eigenvalue weighted by atomic mass is 9.54. The molecular formula is C104H120B4N13O4+3. The highest BCUT2D eigenvalue weighted by Crippen LogP contribution is 2.49. The third kappa shape index (κ3) is 14.8. The average molecular weight is 1660 g/mol. The largest absolute Gasteiger partial charge is 0.457 e. The van der Waals surface area contributed by atoms with Gasteiger partial charge in [0.2, 0.25) is 23.1 Å². The fourth-order valence-electron chi connectivity index (χ4n) is 20.9. The number of imidazole rings is 3. The van der Waals surface area contributed by atoms with Gasteiger partial charge in [-0.3, -0.25) is 9.62 Å². The predicted octanol–water partition coefficient (Wildman–Crippen LogP) is 21.3. The zero-order chi connectivity index (χ0) is 88.4. The molecule has 15 aromatic rings. The predicted molar refractivity (Wildman–Crippen MR) is 520 cm³/mol. The van der Waals surface area contributed by atoms with Gasteiger partial charge in [0.05, 0.1) is 50.6 Å². The summed E-state index contributed by atoms with van der Waals surface area (Å²) in [5, 5.41) is 7.20. The summed E-state index contributed by atoms with van der Waals surface area (Å²) >= 11 is 0. The van der Waals surface area contributed by atoms with Gasteiger partial charge in [0.15, 0.2) is 0 Å². The number of benzene rings is 6. The van der Waals surface area contributed by atoms with Crippen molar-refractivity contribution in [1.29, 1.82) is 0 Å². The molecule has 634 valence electrons. The minimum absolute atomic E-state index is 0.00708. The first-order valence-electron chi connectivity index (χ1n) is 44.9. The number of nitrogens with zero attached hydrogens (tertiary/aromatic N) is 13. The number of aromatic nitrogens is 8. The summed E-state index contributed by atoms with van der Waals surface area (Å²) < 4.78 is 38.6. The second-order valence-corrected chi connectivity index (χ2v) is 37.8. The van der Waals surface area contributed by atoms with Crippen molar-refractivity contribution >= 4 is 136 Å². The Morgan fingerprint density at radius 1 is 0.440 bits per heavy atom. The molecular weight excluding hydrogens is 1540 g/mol. The van der Waals surface area contributed by atoms with Gasteiger partial charge in [0, 0.05) is 80.8 Å². The van der Waals surface area contributed by atoms with Crippen LogP contribution < -0.4 is 50.4 Å². The fourth-order valence-corrected chi connectivity index (χ4v) is 20.9. The number of rotatable bonds is 12. The van der Waals surface area contributed by atoms with Gasteiger partial charge in [0.25, 0.3) is 0 Å². The van der Waals surface area contributed by atoms with Gasteiger partial charge in [-0.25, -0.2) is 42.4 Å². The lowest BCUT2D eigenvalue weighted by Crippen LogP contribution is -2.62. The van der Waals surface area contributed by atoms with Crippen molar-refractivity contribution in [2.24, 2.45) is 26.6 Å². The highest BCUT2D eigenvalue weighted by atomic mass is 16.4. The van der Waals surface area contributed by atoms with Crippen molar-refractivity contribution in [3.8, 4) is 28.2 Å². The van der Waals surface area contributed by atoms with E-state index in [-0.39, 0.29) is 32.9 Å². The van der Waals surface area contributed by atoms with Crippen molar-refractivity contribution in [3.05, 3.63) is 281 Å². The molecule has 5 aliphatic rings. The Morgan fingerprint density at radius 3 is 1.34 bits per heavy atom. The minimum atomic E-state index is 0.00708. The van der Waals surface area contributed by atoms with E-state index < -0.39 is 0 Å². The molecule has 1 saturated heterocycles. The molecule has 14 heterocycles. The molecule has 5 aliphatic heterocycles. The van der Waals surface area contributed by atoms with Crippen LogP contribution in [0.1, 0.15) is 199 Å². The number of fused-ring (bicyclic) bond motifs is 12. The number of hydrogen-bond acceptors (Lipinski definition) is 11. The normalized spacial score (nSPS) is 16.1. The fraction of sp³-hybridized carbons (Fsp3) is 0.317. The molecule has 0 bridgehead atoms. The van der Waals surface area contributed by atoms with Crippen LogP contribution in [0.25, 0.3) is 96.6 Å². The maximum absolute atomic E-state index is 6.34. The monoisotopic (exact) mass is 1660 g/mol. The molecule has 0 spiro atoms. The quantitative estimate of drug-likeness (QED) is 0.0858. The number of anilines is 3. The van der Waals surface area contributed by atoms with E-state index in [4.69, 9.17) is 17.7 Å². The van der Waals surface area contributed by atoms with Crippen molar-refractivity contribution in [3.63, 3.8) is 0 Å². The molecule has 0 saturated carbocycles. The number of hydrazine groups is 1. The lowest BCUT2D eigenvalue weighted by Gasteiger charge is -2.49. The maximum Gasteiger partial charge on any atom is 0.412 e. The van der Waals surface area contributed by atoms with Gasteiger partial charge in [-0.05, 0) is 222 Å². The van der Waals surface area contributed by atoms with Crippen LogP contribution in [0.5, 0.6) is 0 Å². The third-order valence-corrected chi connectivity index (χ3v) is 27.1. The summed E-state index contributed by atoms with van der Waals surface area (Å²) in [4.78, 5) is 18.6. The summed E-state index contributed by atoms with van der Waals surface area (Å²) in [5.74, 6) is 8.11. The Hall–Kier alpha value is -12.2. The molecule has 0 radical (unpaired) electrons. The first-order valence-corrected chi connectivity index (χ1v) is 44.9.